The molecule has 0 aliphatic heterocycles. The van der Waals surface area contributed by atoms with Gasteiger partial charge in [-0.2, -0.15) is 0 Å². The molecule has 16 heavy (non-hydrogen) atoms. The molecule has 0 unspecified atom stereocenters. The van der Waals surface area contributed by atoms with Crippen molar-refractivity contribution in [3.8, 4) is 0 Å². The molecule has 0 atom stereocenters. The highest BCUT2D eigenvalue weighted by molar-refractivity contribution is 5.26. The lowest BCUT2D eigenvalue weighted by molar-refractivity contribution is -0.00896. The van der Waals surface area contributed by atoms with Gasteiger partial charge in [0.2, 0.25) is 0 Å². The van der Waals surface area contributed by atoms with Gasteiger partial charge in [0.25, 0.3) is 0 Å². The van der Waals surface area contributed by atoms with Gasteiger partial charge >= 0.3 is 0 Å². The molecular formula is C14H21NO. The van der Waals surface area contributed by atoms with Crippen LogP contribution in [0.4, 0.5) is 0 Å². The van der Waals surface area contributed by atoms with Crippen molar-refractivity contribution >= 4 is 0 Å². The van der Waals surface area contributed by atoms with E-state index in [-0.39, 0.29) is 0 Å². The molecule has 1 aromatic rings. The minimum atomic E-state index is 0.521. The molecule has 1 N–H and O–H groups in total. The number of ether oxygens (including phenoxy) is 1. The Kier molecular flexibility index (Phi) is 4.37. The number of rotatable bonds is 6. The fourth-order valence-electron chi connectivity index (χ4n) is 1.88. The monoisotopic (exact) mass is 219 g/mol. The predicted octanol–water partition coefficient (Wildman–Crippen LogP) is 2.87. The van der Waals surface area contributed by atoms with Crippen LogP contribution in [0.5, 0.6) is 0 Å². The molecule has 0 spiro atoms. The standard InChI is InChI=1S/C14H21NO/c1-2-15-10-12-6-3-4-7-13(12)11-16-14-8-5-9-14/h3-4,6-7,14-15H,2,5,8-11H2,1H3. The third-order valence-electron chi connectivity index (χ3n) is 3.21. The third-order valence-corrected chi connectivity index (χ3v) is 3.21. The van der Waals surface area contributed by atoms with E-state index >= 15 is 0 Å². The lowest BCUT2D eigenvalue weighted by Gasteiger charge is -2.26. The number of hydrogen-bond donors (Lipinski definition) is 1. The number of hydrogen-bond acceptors (Lipinski definition) is 2. The summed E-state index contributed by atoms with van der Waals surface area (Å²) >= 11 is 0. The van der Waals surface area contributed by atoms with E-state index in [0.717, 1.165) is 19.7 Å². The van der Waals surface area contributed by atoms with Crippen molar-refractivity contribution in [2.75, 3.05) is 6.54 Å². The molecule has 0 heterocycles. The molecule has 0 saturated heterocycles. The molecule has 0 bridgehead atoms. The molecule has 1 aromatic carbocycles. The molecule has 0 radical (unpaired) electrons. The Morgan fingerprint density at radius 3 is 2.62 bits per heavy atom. The Balaban J connectivity index is 1.89. The first-order valence-electron chi connectivity index (χ1n) is 6.29. The van der Waals surface area contributed by atoms with Crippen LogP contribution in [0.25, 0.3) is 0 Å². The zero-order valence-electron chi connectivity index (χ0n) is 10.0. The van der Waals surface area contributed by atoms with Crippen molar-refractivity contribution in [3.05, 3.63) is 35.4 Å². The van der Waals surface area contributed by atoms with Gasteiger partial charge in [-0.25, -0.2) is 0 Å². The topological polar surface area (TPSA) is 21.3 Å². The summed E-state index contributed by atoms with van der Waals surface area (Å²) in [5, 5.41) is 3.36. The quantitative estimate of drug-likeness (QED) is 0.794. The zero-order valence-corrected chi connectivity index (χ0v) is 10.0. The van der Waals surface area contributed by atoms with Crippen molar-refractivity contribution in [3.63, 3.8) is 0 Å². The predicted molar refractivity (Wildman–Crippen MR) is 66.3 cm³/mol. The van der Waals surface area contributed by atoms with Crippen molar-refractivity contribution < 1.29 is 4.74 Å². The second kappa shape index (κ2) is 6.02. The highest BCUT2D eigenvalue weighted by Gasteiger charge is 2.17. The van der Waals surface area contributed by atoms with E-state index < -0.39 is 0 Å². The molecule has 2 rings (SSSR count). The smallest absolute Gasteiger partial charge is 0.0723 e. The first kappa shape index (κ1) is 11.6. The fourth-order valence-corrected chi connectivity index (χ4v) is 1.88. The summed E-state index contributed by atoms with van der Waals surface area (Å²) in [7, 11) is 0. The van der Waals surface area contributed by atoms with Crippen molar-refractivity contribution in [2.45, 2.75) is 45.4 Å². The third kappa shape index (κ3) is 3.06. The van der Waals surface area contributed by atoms with Crippen LogP contribution in [0.2, 0.25) is 0 Å². The fraction of sp³-hybridized carbons (Fsp3) is 0.571. The van der Waals surface area contributed by atoms with Crippen LogP contribution in [0.3, 0.4) is 0 Å². The molecule has 88 valence electrons. The summed E-state index contributed by atoms with van der Waals surface area (Å²) in [5.74, 6) is 0. The normalized spacial score (nSPS) is 16.1. The van der Waals surface area contributed by atoms with E-state index in [0.29, 0.717) is 6.10 Å². The van der Waals surface area contributed by atoms with Crippen LogP contribution < -0.4 is 5.32 Å². The van der Waals surface area contributed by atoms with E-state index in [1.165, 1.54) is 30.4 Å². The summed E-state index contributed by atoms with van der Waals surface area (Å²) in [6.07, 6.45) is 4.35. The zero-order chi connectivity index (χ0) is 11.2. The molecule has 1 aliphatic carbocycles. The molecule has 0 aromatic heterocycles. The SMILES string of the molecule is CCNCc1ccccc1COC1CCC1. The molecule has 2 heteroatoms. The van der Waals surface area contributed by atoms with Gasteiger partial charge < -0.3 is 10.1 Å². The second-order valence-corrected chi connectivity index (χ2v) is 4.41. The average Bonchev–Trinajstić information content (AvgIpc) is 2.26. The maximum atomic E-state index is 5.86. The van der Waals surface area contributed by atoms with Gasteiger partial charge in [0.1, 0.15) is 0 Å². The first-order chi connectivity index (χ1) is 7.90. The van der Waals surface area contributed by atoms with Crippen LogP contribution in [0.1, 0.15) is 37.3 Å². The van der Waals surface area contributed by atoms with E-state index in [9.17, 15) is 0 Å². The van der Waals surface area contributed by atoms with Crippen molar-refractivity contribution in [2.24, 2.45) is 0 Å². The molecule has 0 amide bonds. The van der Waals surface area contributed by atoms with E-state index in [1.807, 2.05) is 0 Å². The van der Waals surface area contributed by atoms with E-state index in [2.05, 4.69) is 36.5 Å². The van der Waals surface area contributed by atoms with Gasteiger partial charge in [-0.1, -0.05) is 31.2 Å². The van der Waals surface area contributed by atoms with Gasteiger partial charge in [0.15, 0.2) is 0 Å². The van der Waals surface area contributed by atoms with Gasteiger partial charge in [-0.3, -0.25) is 0 Å². The van der Waals surface area contributed by atoms with Gasteiger partial charge in [0, 0.05) is 6.54 Å². The van der Waals surface area contributed by atoms with Gasteiger partial charge in [-0.15, -0.1) is 0 Å². The molecular weight excluding hydrogens is 198 g/mol. The summed E-state index contributed by atoms with van der Waals surface area (Å²) < 4.78 is 5.86. The molecule has 1 aliphatic rings. The van der Waals surface area contributed by atoms with Crippen LogP contribution >= 0.6 is 0 Å². The first-order valence-corrected chi connectivity index (χ1v) is 6.29. The van der Waals surface area contributed by atoms with Crippen LogP contribution in [0.15, 0.2) is 24.3 Å². The minimum Gasteiger partial charge on any atom is -0.374 e. The lowest BCUT2D eigenvalue weighted by Crippen LogP contribution is -2.22. The highest BCUT2D eigenvalue weighted by atomic mass is 16.5. The summed E-state index contributed by atoms with van der Waals surface area (Å²) in [6, 6.07) is 8.54. The van der Waals surface area contributed by atoms with Crippen molar-refractivity contribution in [1.29, 1.82) is 0 Å². The summed E-state index contributed by atoms with van der Waals surface area (Å²) in [4.78, 5) is 0. The molecule has 1 saturated carbocycles. The Morgan fingerprint density at radius 2 is 2.00 bits per heavy atom. The minimum absolute atomic E-state index is 0.521. The van der Waals surface area contributed by atoms with Crippen molar-refractivity contribution in [1.82, 2.24) is 5.32 Å². The summed E-state index contributed by atoms with van der Waals surface area (Å²) in [6.45, 7) is 4.86. The average molecular weight is 219 g/mol. The Labute approximate surface area is 98.0 Å². The maximum absolute atomic E-state index is 5.86. The Bertz CT molecular complexity index is 320. The van der Waals surface area contributed by atoms with E-state index in [4.69, 9.17) is 4.74 Å². The maximum Gasteiger partial charge on any atom is 0.0723 e. The number of nitrogens with one attached hydrogen (secondary N) is 1. The van der Waals surface area contributed by atoms with Gasteiger partial charge in [0.05, 0.1) is 12.7 Å². The lowest BCUT2D eigenvalue weighted by atomic mass is 9.96. The van der Waals surface area contributed by atoms with Gasteiger partial charge in [-0.05, 0) is 36.9 Å². The Hall–Kier alpha value is -0.860. The van der Waals surface area contributed by atoms with Crippen LogP contribution in [-0.2, 0) is 17.9 Å². The molecule has 1 fully saturated rings. The largest absolute Gasteiger partial charge is 0.374 e. The summed E-state index contributed by atoms with van der Waals surface area (Å²) in [5.41, 5.74) is 2.69. The highest BCUT2D eigenvalue weighted by Crippen LogP contribution is 2.23. The number of benzene rings is 1. The molecule has 2 nitrogen and oxygen atoms in total. The van der Waals surface area contributed by atoms with Crippen LogP contribution in [0, 0.1) is 0 Å². The van der Waals surface area contributed by atoms with Crippen LogP contribution in [-0.4, -0.2) is 12.6 Å². The Morgan fingerprint density at radius 1 is 1.25 bits per heavy atom. The van der Waals surface area contributed by atoms with E-state index in [1.54, 1.807) is 0 Å². The second-order valence-electron chi connectivity index (χ2n) is 4.41.